The van der Waals surface area contributed by atoms with Crippen molar-refractivity contribution in [2.45, 2.75) is 20.3 Å². The molecule has 2 aromatic carbocycles. The Hall–Kier alpha value is -2.79. The van der Waals surface area contributed by atoms with Crippen LogP contribution in [0.2, 0.25) is 5.02 Å². The Balaban J connectivity index is 1.84. The minimum absolute atomic E-state index is 0.144. The highest BCUT2D eigenvalue weighted by Crippen LogP contribution is 2.26. The topological polar surface area (TPSA) is 71.3 Å². The van der Waals surface area contributed by atoms with Crippen molar-refractivity contribution in [3.05, 3.63) is 63.9 Å². The Labute approximate surface area is 156 Å². The maximum absolute atomic E-state index is 12.5. The van der Waals surface area contributed by atoms with Crippen LogP contribution in [0.25, 0.3) is 11.0 Å². The van der Waals surface area contributed by atoms with Gasteiger partial charge in [-0.25, -0.2) is 0 Å². The molecule has 26 heavy (non-hydrogen) atoms. The van der Waals surface area contributed by atoms with Gasteiger partial charge in [0.15, 0.2) is 0 Å². The van der Waals surface area contributed by atoms with Gasteiger partial charge in [-0.2, -0.15) is 0 Å². The third kappa shape index (κ3) is 3.58. The minimum atomic E-state index is -0.317. The number of benzene rings is 2. The molecule has 0 bridgehead atoms. The molecule has 0 aliphatic rings. The van der Waals surface area contributed by atoms with Gasteiger partial charge in [0, 0.05) is 23.0 Å². The van der Waals surface area contributed by atoms with Gasteiger partial charge in [0.25, 0.3) is 5.91 Å². The van der Waals surface area contributed by atoms with E-state index in [9.17, 15) is 9.59 Å². The fraction of sp³-hybridized carbons (Fsp3) is 0.200. The van der Waals surface area contributed by atoms with Gasteiger partial charge in [0.1, 0.15) is 5.58 Å². The van der Waals surface area contributed by atoms with Crippen molar-refractivity contribution in [1.82, 2.24) is 5.32 Å². The Bertz CT molecular complexity index is 1010. The molecule has 0 fully saturated rings. The Morgan fingerprint density at radius 3 is 2.58 bits per heavy atom. The number of nitrogens with one attached hydrogen (secondary N) is 2. The van der Waals surface area contributed by atoms with Crippen LogP contribution in [-0.4, -0.2) is 18.9 Å². The molecule has 2 N–H and O–H groups in total. The van der Waals surface area contributed by atoms with Gasteiger partial charge in [-0.05, 0) is 55.3 Å². The fourth-order valence-electron chi connectivity index (χ4n) is 2.79. The molecule has 6 heteroatoms. The summed E-state index contributed by atoms with van der Waals surface area (Å²) in [4.78, 5) is 24.5. The first kappa shape index (κ1) is 18.0. The van der Waals surface area contributed by atoms with Gasteiger partial charge >= 0.3 is 0 Å². The van der Waals surface area contributed by atoms with E-state index in [0.717, 1.165) is 27.7 Å². The van der Waals surface area contributed by atoms with E-state index in [1.165, 1.54) is 13.1 Å². The number of halogens is 1. The second-order valence-electron chi connectivity index (χ2n) is 6.19. The molecule has 3 rings (SSSR count). The molecular formula is C20H19ClN2O3. The predicted molar refractivity (Wildman–Crippen MR) is 103 cm³/mol. The third-order valence-corrected chi connectivity index (χ3v) is 4.58. The monoisotopic (exact) mass is 370 g/mol. The van der Waals surface area contributed by atoms with Crippen LogP contribution in [0, 0.1) is 13.8 Å². The zero-order valence-electron chi connectivity index (χ0n) is 14.8. The maximum Gasteiger partial charge on any atom is 0.253 e. The van der Waals surface area contributed by atoms with Crippen LogP contribution < -0.4 is 10.6 Å². The molecule has 0 saturated carbocycles. The lowest BCUT2D eigenvalue weighted by Crippen LogP contribution is -2.22. The van der Waals surface area contributed by atoms with Gasteiger partial charge < -0.3 is 15.1 Å². The summed E-state index contributed by atoms with van der Waals surface area (Å²) >= 11 is 5.96. The number of hydrogen-bond donors (Lipinski definition) is 2. The first-order chi connectivity index (χ1) is 12.4. The van der Waals surface area contributed by atoms with Gasteiger partial charge in [0.2, 0.25) is 5.91 Å². The predicted octanol–water partition coefficient (Wildman–Crippen LogP) is 4.24. The third-order valence-electron chi connectivity index (χ3n) is 4.35. The lowest BCUT2D eigenvalue weighted by atomic mass is 10.0. The standard InChI is InChI=1S/C20H19ClN2O3/c1-11-6-15-13(10-26-18(15)7-12(11)2)8-19(24)23-17-5-4-14(21)9-16(17)20(25)22-3/h4-7,9-10H,8H2,1-3H3,(H,22,25)(H,23,24). The Kier molecular flexibility index (Phi) is 5.00. The van der Waals surface area contributed by atoms with E-state index in [4.69, 9.17) is 16.0 Å². The highest BCUT2D eigenvalue weighted by molar-refractivity contribution is 6.31. The molecule has 0 aliphatic carbocycles. The van der Waals surface area contributed by atoms with E-state index in [1.54, 1.807) is 18.4 Å². The first-order valence-corrected chi connectivity index (χ1v) is 8.55. The molecule has 0 spiro atoms. The van der Waals surface area contributed by atoms with Crippen LogP contribution in [0.3, 0.4) is 0 Å². The van der Waals surface area contributed by atoms with Gasteiger partial charge in [-0.3, -0.25) is 9.59 Å². The van der Waals surface area contributed by atoms with Crippen LogP contribution in [-0.2, 0) is 11.2 Å². The van der Waals surface area contributed by atoms with Gasteiger partial charge in [0.05, 0.1) is 23.9 Å². The summed E-state index contributed by atoms with van der Waals surface area (Å²) in [6.45, 7) is 4.04. The number of fused-ring (bicyclic) bond motifs is 1. The molecule has 5 nitrogen and oxygen atoms in total. The maximum atomic E-state index is 12.5. The van der Waals surface area contributed by atoms with Crippen molar-refractivity contribution in [1.29, 1.82) is 0 Å². The molecule has 0 unspecified atom stereocenters. The van der Waals surface area contributed by atoms with Crippen molar-refractivity contribution >= 4 is 40.1 Å². The zero-order chi connectivity index (χ0) is 18.8. The molecule has 3 aromatic rings. The lowest BCUT2D eigenvalue weighted by Gasteiger charge is -2.10. The van der Waals surface area contributed by atoms with Crippen molar-refractivity contribution in [3.8, 4) is 0 Å². The van der Waals surface area contributed by atoms with Crippen LogP contribution in [0.1, 0.15) is 27.0 Å². The average Bonchev–Trinajstić information content (AvgIpc) is 2.97. The quantitative estimate of drug-likeness (QED) is 0.721. The zero-order valence-corrected chi connectivity index (χ0v) is 15.5. The summed E-state index contributed by atoms with van der Waals surface area (Å²) in [7, 11) is 1.52. The van der Waals surface area contributed by atoms with Crippen molar-refractivity contribution in [2.24, 2.45) is 0 Å². The lowest BCUT2D eigenvalue weighted by molar-refractivity contribution is -0.115. The van der Waals surface area contributed by atoms with Crippen molar-refractivity contribution in [2.75, 3.05) is 12.4 Å². The van der Waals surface area contributed by atoms with Crippen LogP contribution >= 0.6 is 11.6 Å². The second kappa shape index (κ2) is 7.22. The van der Waals surface area contributed by atoms with E-state index in [-0.39, 0.29) is 18.2 Å². The molecule has 0 saturated heterocycles. The molecule has 1 aromatic heterocycles. The largest absolute Gasteiger partial charge is 0.464 e. The SMILES string of the molecule is CNC(=O)c1cc(Cl)ccc1NC(=O)Cc1coc2cc(C)c(C)cc12. The van der Waals surface area contributed by atoms with E-state index < -0.39 is 0 Å². The summed E-state index contributed by atoms with van der Waals surface area (Å²) < 4.78 is 5.57. The summed E-state index contributed by atoms with van der Waals surface area (Å²) in [5, 5.41) is 6.67. The number of amides is 2. The van der Waals surface area contributed by atoms with Crippen LogP contribution in [0.4, 0.5) is 5.69 Å². The van der Waals surface area contributed by atoms with Crippen LogP contribution in [0.15, 0.2) is 41.0 Å². The average molecular weight is 371 g/mol. The number of hydrogen-bond acceptors (Lipinski definition) is 3. The summed E-state index contributed by atoms with van der Waals surface area (Å²) in [5.74, 6) is -0.555. The summed E-state index contributed by atoms with van der Waals surface area (Å²) in [5.41, 5.74) is 4.57. The van der Waals surface area contributed by atoms with Crippen molar-refractivity contribution < 1.29 is 14.0 Å². The number of anilines is 1. The van der Waals surface area contributed by atoms with Gasteiger partial charge in [-0.15, -0.1) is 0 Å². The number of carbonyl (C=O) groups is 2. The fourth-order valence-corrected chi connectivity index (χ4v) is 2.96. The van der Waals surface area contributed by atoms with E-state index in [2.05, 4.69) is 10.6 Å². The molecule has 2 amide bonds. The second-order valence-corrected chi connectivity index (χ2v) is 6.62. The number of carbonyl (C=O) groups excluding carboxylic acids is 2. The minimum Gasteiger partial charge on any atom is -0.464 e. The smallest absolute Gasteiger partial charge is 0.253 e. The molecule has 0 aliphatic heterocycles. The number of furan rings is 1. The number of aryl methyl sites for hydroxylation is 2. The summed E-state index contributed by atoms with van der Waals surface area (Å²) in [6.07, 6.45) is 1.75. The molecular weight excluding hydrogens is 352 g/mol. The van der Waals surface area contributed by atoms with Crippen LogP contribution in [0.5, 0.6) is 0 Å². The van der Waals surface area contributed by atoms with E-state index >= 15 is 0 Å². The highest BCUT2D eigenvalue weighted by atomic mass is 35.5. The van der Waals surface area contributed by atoms with Gasteiger partial charge in [-0.1, -0.05) is 11.6 Å². The Morgan fingerprint density at radius 1 is 1.12 bits per heavy atom. The number of rotatable bonds is 4. The van der Waals surface area contributed by atoms with Crippen molar-refractivity contribution in [3.63, 3.8) is 0 Å². The van der Waals surface area contributed by atoms with E-state index in [1.807, 2.05) is 26.0 Å². The Morgan fingerprint density at radius 2 is 1.85 bits per heavy atom. The highest BCUT2D eigenvalue weighted by Gasteiger charge is 2.16. The molecule has 0 radical (unpaired) electrons. The normalized spacial score (nSPS) is 10.8. The molecule has 1 heterocycles. The first-order valence-electron chi connectivity index (χ1n) is 8.18. The summed E-state index contributed by atoms with van der Waals surface area (Å²) in [6, 6.07) is 8.76. The molecule has 134 valence electrons. The molecule has 0 atom stereocenters. The van der Waals surface area contributed by atoms with E-state index in [0.29, 0.717) is 16.3 Å².